The third kappa shape index (κ3) is 3.48. The summed E-state index contributed by atoms with van der Waals surface area (Å²) in [7, 11) is 0. The second-order valence-electron chi connectivity index (χ2n) is 6.32. The van der Waals surface area contributed by atoms with Crippen molar-refractivity contribution in [1.82, 2.24) is 15.8 Å². The van der Waals surface area contributed by atoms with Gasteiger partial charge in [0.2, 0.25) is 0 Å². The Bertz CT molecular complexity index is 1150. The van der Waals surface area contributed by atoms with E-state index in [1.165, 1.54) is 12.3 Å². The molecule has 2 heterocycles. The van der Waals surface area contributed by atoms with Gasteiger partial charge in [-0.15, -0.1) is 0 Å². The maximum absolute atomic E-state index is 12.8. The van der Waals surface area contributed by atoms with Crippen LogP contribution in [0.4, 0.5) is 0 Å². The third-order valence-electron chi connectivity index (χ3n) is 4.34. The van der Waals surface area contributed by atoms with Gasteiger partial charge in [0.05, 0.1) is 23.0 Å². The molecule has 2 aromatic carbocycles. The molecule has 2 amide bonds. The number of aryl methyl sites for hydroxylation is 1. The van der Waals surface area contributed by atoms with Crippen LogP contribution in [0.1, 0.15) is 26.5 Å². The Morgan fingerprint density at radius 1 is 0.893 bits per heavy atom. The SMILES string of the molecule is Cc1ccc(-c2cc(C(=O)NNC(=O)c3ccco3)c3ccccc3n2)cc1. The minimum Gasteiger partial charge on any atom is -0.459 e. The predicted molar refractivity (Wildman–Crippen MR) is 106 cm³/mol. The highest BCUT2D eigenvalue weighted by atomic mass is 16.3. The summed E-state index contributed by atoms with van der Waals surface area (Å²) in [5, 5.41) is 0.697. The van der Waals surface area contributed by atoms with Crippen molar-refractivity contribution < 1.29 is 14.0 Å². The van der Waals surface area contributed by atoms with Crippen LogP contribution in [0.5, 0.6) is 0 Å². The molecule has 0 saturated carbocycles. The van der Waals surface area contributed by atoms with Gasteiger partial charge < -0.3 is 4.42 Å². The zero-order valence-corrected chi connectivity index (χ0v) is 15.1. The number of fused-ring (bicyclic) bond motifs is 1. The zero-order valence-electron chi connectivity index (χ0n) is 15.1. The topological polar surface area (TPSA) is 84.2 Å². The highest BCUT2D eigenvalue weighted by Crippen LogP contribution is 2.25. The van der Waals surface area contributed by atoms with Gasteiger partial charge in [0.15, 0.2) is 5.76 Å². The zero-order chi connectivity index (χ0) is 19.5. The van der Waals surface area contributed by atoms with Crippen LogP contribution in [0, 0.1) is 6.92 Å². The van der Waals surface area contributed by atoms with Crippen molar-refractivity contribution in [2.75, 3.05) is 0 Å². The summed E-state index contributed by atoms with van der Waals surface area (Å²) < 4.78 is 5.02. The lowest BCUT2D eigenvalue weighted by Crippen LogP contribution is -2.41. The number of para-hydroxylation sites is 1. The van der Waals surface area contributed by atoms with Crippen LogP contribution < -0.4 is 10.9 Å². The molecule has 0 fully saturated rings. The average molecular weight is 371 g/mol. The summed E-state index contributed by atoms with van der Waals surface area (Å²) in [6.45, 7) is 2.01. The number of hydrogen-bond acceptors (Lipinski definition) is 4. The summed E-state index contributed by atoms with van der Waals surface area (Å²) >= 11 is 0. The van der Waals surface area contributed by atoms with Gasteiger partial charge >= 0.3 is 5.91 Å². The van der Waals surface area contributed by atoms with Gasteiger partial charge in [0.25, 0.3) is 5.91 Å². The van der Waals surface area contributed by atoms with Crippen LogP contribution >= 0.6 is 0 Å². The molecule has 0 unspecified atom stereocenters. The van der Waals surface area contributed by atoms with Crippen LogP contribution in [-0.4, -0.2) is 16.8 Å². The minimum atomic E-state index is -0.532. The van der Waals surface area contributed by atoms with Crippen molar-refractivity contribution in [3.63, 3.8) is 0 Å². The van der Waals surface area contributed by atoms with Gasteiger partial charge in [-0.1, -0.05) is 48.0 Å². The molecule has 0 bridgehead atoms. The molecule has 0 spiro atoms. The van der Waals surface area contributed by atoms with E-state index >= 15 is 0 Å². The molecule has 0 aliphatic rings. The van der Waals surface area contributed by atoms with E-state index in [9.17, 15) is 9.59 Å². The Balaban J connectivity index is 1.67. The first-order valence-corrected chi connectivity index (χ1v) is 8.73. The van der Waals surface area contributed by atoms with Crippen LogP contribution in [-0.2, 0) is 0 Å². The highest BCUT2D eigenvalue weighted by molar-refractivity contribution is 6.08. The molecule has 6 nitrogen and oxygen atoms in total. The van der Waals surface area contributed by atoms with E-state index in [1.54, 1.807) is 12.1 Å². The molecule has 0 saturated heterocycles. The van der Waals surface area contributed by atoms with E-state index in [2.05, 4.69) is 15.8 Å². The number of nitrogens with one attached hydrogen (secondary N) is 2. The second kappa shape index (κ2) is 7.36. The first-order chi connectivity index (χ1) is 13.6. The molecule has 0 aliphatic carbocycles. The molecular weight excluding hydrogens is 354 g/mol. The fourth-order valence-electron chi connectivity index (χ4n) is 2.89. The standard InChI is InChI=1S/C22H17N3O3/c1-14-8-10-15(11-9-14)19-13-17(16-5-2-3-6-18(16)23-19)21(26)24-25-22(27)20-7-4-12-28-20/h2-13H,1H3,(H,24,26)(H,25,27). The lowest BCUT2D eigenvalue weighted by molar-refractivity contribution is 0.0831. The first-order valence-electron chi connectivity index (χ1n) is 8.73. The van der Waals surface area contributed by atoms with Crippen LogP contribution in [0.15, 0.2) is 77.4 Å². The first kappa shape index (κ1) is 17.5. The van der Waals surface area contributed by atoms with Crippen molar-refractivity contribution in [3.8, 4) is 11.3 Å². The maximum atomic E-state index is 12.8. The van der Waals surface area contributed by atoms with E-state index < -0.39 is 11.8 Å². The minimum absolute atomic E-state index is 0.111. The molecule has 0 atom stereocenters. The number of hydrogen-bond donors (Lipinski definition) is 2. The number of aromatic nitrogens is 1. The van der Waals surface area contributed by atoms with Crippen molar-refractivity contribution in [1.29, 1.82) is 0 Å². The summed E-state index contributed by atoms with van der Waals surface area (Å²) in [5.74, 6) is -0.859. The predicted octanol–water partition coefficient (Wildman–Crippen LogP) is 3.88. The Hall–Kier alpha value is -3.93. The smallest absolute Gasteiger partial charge is 0.305 e. The molecule has 4 rings (SSSR count). The molecule has 0 aliphatic heterocycles. The molecule has 2 aromatic heterocycles. The summed E-state index contributed by atoms with van der Waals surface area (Å²) in [6, 6.07) is 20.1. The number of carbonyl (C=O) groups excluding carboxylic acids is 2. The molecule has 138 valence electrons. The van der Waals surface area contributed by atoms with Gasteiger partial charge in [0.1, 0.15) is 0 Å². The van der Waals surface area contributed by atoms with Gasteiger partial charge in [-0.2, -0.15) is 0 Å². The van der Waals surface area contributed by atoms with E-state index in [1.807, 2.05) is 55.5 Å². The van der Waals surface area contributed by atoms with Gasteiger partial charge in [0, 0.05) is 10.9 Å². The third-order valence-corrected chi connectivity index (χ3v) is 4.34. The molecule has 28 heavy (non-hydrogen) atoms. The summed E-state index contributed by atoms with van der Waals surface area (Å²) in [6.07, 6.45) is 1.39. The average Bonchev–Trinajstić information content (AvgIpc) is 3.26. The van der Waals surface area contributed by atoms with Crippen LogP contribution in [0.25, 0.3) is 22.2 Å². The number of hydrazine groups is 1. The fourth-order valence-corrected chi connectivity index (χ4v) is 2.89. The molecule has 4 aromatic rings. The van der Waals surface area contributed by atoms with Crippen LogP contribution in [0.2, 0.25) is 0 Å². The van der Waals surface area contributed by atoms with Crippen LogP contribution in [0.3, 0.4) is 0 Å². The van der Waals surface area contributed by atoms with Crippen molar-refractivity contribution in [2.45, 2.75) is 6.92 Å². The number of amides is 2. The Morgan fingerprint density at radius 3 is 2.39 bits per heavy atom. The van der Waals surface area contributed by atoms with Gasteiger partial charge in [-0.05, 0) is 31.2 Å². The van der Waals surface area contributed by atoms with Gasteiger partial charge in [-0.25, -0.2) is 4.98 Å². The van der Waals surface area contributed by atoms with Crippen molar-refractivity contribution in [2.24, 2.45) is 0 Å². The monoisotopic (exact) mass is 371 g/mol. The van der Waals surface area contributed by atoms with E-state index in [0.29, 0.717) is 22.2 Å². The largest absolute Gasteiger partial charge is 0.459 e. The lowest BCUT2D eigenvalue weighted by atomic mass is 10.0. The number of rotatable bonds is 3. The highest BCUT2D eigenvalue weighted by Gasteiger charge is 2.15. The van der Waals surface area contributed by atoms with Gasteiger partial charge in [-0.3, -0.25) is 20.4 Å². The molecule has 2 N–H and O–H groups in total. The summed E-state index contributed by atoms with van der Waals surface area (Å²) in [4.78, 5) is 29.5. The Labute approximate surface area is 161 Å². The van der Waals surface area contributed by atoms with E-state index in [0.717, 1.165) is 11.1 Å². The maximum Gasteiger partial charge on any atom is 0.305 e. The normalized spacial score (nSPS) is 10.6. The number of pyridine rings is 1. The Morgan fingerprint density at radius 2 is 1.64 bits per heavy atom. The Kier molecular flexibility index (Phi) is 4.60. The number of benzene rings is 2. The second-order valence-corrected chi connectivity index (χ2v) is 6.32. The van der Waals surface area contributed by atoms with Crippen molar-refractivity contribution in [3.05, 3.63) is 89.9 Å². The molecule has 6 heteroatoms. The summed E-state index contributed by atoms with van der Waals surface area (Å²) in [5.41, 5.74) is 8.65. The number of furan rings is 1. The fraction of sp³-hybridized carbons (Fsp3) is 0.0455. The molecule has 0 radical (unpaired) electrons. The lowest BCUT2D eigenvalue weighted by Gasteiger charge is -2.11. The number of carbonyl (C=O) groups is 2. The molecular formula is C22H17N3O3. The van der Waals surface area contributed by atoms with E-state index in [-0.39, 0.29) is 5.76 Å². The van der Waals surface area contributed by atoms with E-state index in [4.69, 9.17) is 4.42 Å². The van der Waals surface area contributed by atoms with Crippen molar-refractivity contribution >= 4 is 22.7 Å². The number of nitrogens with zero attached hydrogens (tertiary/aromatic N) is 1. The quantitative estimate of drug-likeness (QED) is 0.535.